The molecule has 0 aromatic heterocycles. The molecule has 1 aromatic rings. The van der Waals surface area contributed by atoms with Gasteiger partial charge < -0.3 is 10.2 Å². The lowest BCUT2D eigenvalue weighted by atomic mass is 9.79. The highest BCUT2D eigenvalue weighted by Crippen LogP contribution is 2.31. The van der Waals surface area contributed by atoms with Crippen LogP contribution in [0.5, 0.6) is 0 Å². The summed E-state index contributed by atoms with van der Waals surface area (Å²) < 4.78 is 0. The smallest absolute Gasteiger partial charge is 0.0451 e. The van der Waals surface area contributed by atoms with Crippen molar-refractivity contribution in [2.24, 2.45) is 11.8 Å². The largest absolute Gasteiger partial charge is 0.308 e. The van der Waals surface area contributed by atoms with Crippen molar-refractivity contribution < 1.29 is 0 Å². The summed E-state index contributed by atoms with van der Waals surface area (Å²) in [4.78, 5) is 2.29. The van der Waals surface area contributed by atoms with Gasteiger partial charge in [-0.25, -0.2) is 0 Å². The van der Waals surface area contributed by atoms with Crippen molar-refractivity contribution in [2.45, 2.75) is 51.6 Å². The van der Waals surface area contributed by atoms with Crippen LogP contribution in [0.15, 0.2) is 30.3 Å². The Kier molecular flexibility index (Phi) is 6.25. The fourth-order valence-electron chi connectivity index (χ4n) is 3.57. The van der Waals surface area contributed by atoms with Crippen molar-refractivity contribution in [2.75, 3.05) is 20.6 Å². The summed E-state index contributed by atoms with van der Waals surface area (Å²) in [6.45, 7) is 5.82. The molecule has 2 nitrogen and oxygen atoms in total. The topological polar surface area (TPSA) is 15.3 Å². The molecule has 2 heteroatoms. The van der Waals surface area contributed by atoms with Gasteiger partial charge in [-0.05, 0) is 44.3 Å². The molecule has 3 atom stereocenters. The van der Waals surface area contributed by atoms with Crippen LogP contribution in [0, 0.1) is 11.8 Å². The molecule has 0 heterocycles. The standard InChI is InChI=1S/C19H32N2/c1-15(2)17-11-8-12-18(13-17)20-19(14-21(3)4)16-9-6-5-7-10-16/h5-7,9-10,15,17-20H,8,11-14H2,1-4H3. The molecule has 21 heavy (non-hydrogen) atoms. The van der Waals surface area contributed by atoms with Crippen LogP contribution in [0.25, 0.3) is 0 Å². The third-order valence-electron chi connectivity index (χ3n) is 4.84. The summed E-state index contributed by atoms with van der Waals surface area (Å²) in [5, 5.41) is 3.95. The first kappa shape index (κ1) is 16.5. The number of benzene rings is 1. The highest BCUT2D eigenvalue weighted by atomic mass is 15.1. The number of likely N-dealkylation sites (N-methyl/N-ethyl adjacent to an activating group) is 1. The fraction of sp³-hybridized carbons (Fsp3) is 0.684. The van der Waals surface area contributed by atoms with Gasteiger partial charge in [0.05, 0.1) is 0 Å². The molecular weight excluding hydrogens is 256 g/mol. The lowest BCUT2D eigenvalue weighted by molar-refractivity contribution is 0.210. The Labute approximate surface area is 130 Å². The van der Waals surface area contributed by atoms with Gasteiger partial charge in [0.15, 0.2) is 0 Å². The van der Waals surface area contributed by atoms with Crippen LogP contribution in [0.1, 0.15) is 51.1 Å². The van der Waals surface area contributed by atoms with E-state index in [9.17, 15) is 0 Å². The Balaban J connectivity index is 2.01. The summed E-state index contributed by atoms with van der Waals surface area (Å²) in [6.07, 6.45) is 5.47. The average molecular weight is 288 g/mol. The van der Waals surface area contributed by atoms with Gasteiger partial charge in [0.2, 0.25) is 0 Å². The Bertz CT molecular complexity index is 399. The second-order valence-corrected chi connectivity index (χ2v) is 7.26. The van der Waals surface area contributed by atoms with Crippen LogP contribution in [-0.2, 0) is 0 Å². The molecule has 1 saturated carbocycles. The van der Waals surface area contributed by atoms with E-state index in [1.165, 1.54) is 31.2 Å². The zero-order chi connectivity index (χ0) is 15.2. The second-order valence-electron chi connectivity index (χ2n) is 7.26. The second kappa shape index (κ2) is 7.95. The van der Waals surface area contributed by atoms with Crippen molar-refractivity contribution in [3.05, 3.63) is 35.9 Å². The maximum absolute atomic E-state index is 3.95. The maximum atomic E-state index is 3.95. The Morgan fingerprint density at radius 3 is 2.48 bits per heavy atom. The molecule has 3 unspecified atom stereocenters. The Morgan fingerprint density at radius 2 is 1.86 bits per heavy atom. The SMILES string of the molecule is CC(C)C1CCCC(NC(CN(C)C)c2ccccc2)C1. The lowest BCUT2D eigenvalue weighted by Gasteiger charge is -2.35. The molecule has 1 aliphatic rings. The molecule has 0 bridgehead atoms. The first-order valence-corrected chi connectivity index (χ1v) is 8.52. The molecule has 0 amide bonds. The fourth-order valence-corrected chi connectivity index (χ4v) is 3.57. The van der Waals surface area contributed by atoms with E-state index in [1.54, 1.807) is 0 Å². The molecule has 1 N–H and O–H groups in total. The molecule has 1 aromatic carbocycles. The van der Waals surface area contributed by atoms with Gasteiger partial charge in [-0.1, -0.05) is 57.0 Å². The maximum Gasteiger partial charge on any atom is 0.0451 e. The first-order valence-electron chi connectivity index (χ1n) is 8.52. The van der Waals surface area contributed by atoms with E-state index in [4.69, 9.17) is 0 Å². The third-order valence-corrected chi connectivity index (χ3v) is 4.84. The van der Waals surface area contributed by atoms with Crippen LogP contribution in [0.4, 0.5) is 0 Å². The minimum Gasteiger partial charge on any atom is -0.308 e. The summed E-state index contributed by atoms with van der Waals surface area (Å²) in [6, 6.07) is 12.0. The Morgan fingerprint density at radius 1 is 1.14 bits per heavy atom. The van der Waals surface area contributed by atoms with E-state index in [0.29, 0.717) is 12.1 Å². The number of nitrogens with zero attached hydrogens (tertiary/aromatic N) is 1. The van der Waals surface area contributed by atoms with Gasteiger partial charge in [-0.3, -0.25) is 0 Å². The Hall–Kier alpha value is -0.860. The first-order chi connectivity index (χ1) is 10.1. The molecule has 1 aliphatic carbocycles. The van der Waals surface area contributed by atoms with Gasteiger partial charge in [-0.2, -0.15) is 0 Å². The van der Waals surface area contributed by atoms with E-state index in [-0.39, 0.29) is 0 Å². The van der Waals surface area contributed by atoms with Crippen molar-refractivity contribution in [1.29, 1.82) is 0 Å². The van der Waals surface area contributed by atoms with Crippen molar-refractivity contribution >= 4 is 0 Å². The average Bonchev–Trinajstić information content (AvgIpc) is 2.47. The third kappa shape index (κ3) is 5.12. The zero-order valence-corrected chi connectivity index (χ0v) is 14.2. The van der Waals surface area contributed by atoms with Crippen molar-refractivity contribution in [3.63, 3.8) is 0 Å². The highest BCUT2D eigenvalue weighted by Gasteiger charge is 2.26. The van der Waals surface area contributed by atoms with E-state index >= 15 is 0 Å². The summed E-state index contributed by atoms with van der Waals surface area (Å²) >= 11 is 0. The summed E-state index contributed by atoms with van der Waals surface area (Å²) in [7, 11) is 4.32. The molecule has 0 aliphatic heterocycles. The van der Waals surface area contributed by atoms with Crippen molar-refractivity contribution in [3.8, 4) is 0 Å². The predicted octanol–water partition coefficient (Wildman–Crippen LogP) is 4.09. The van der Waals surface area contributed by atoms with E-state index in [0.717, 1.165) is 18.4 Å². The van der Waals surface area contributed by atoms with Crippen LogP contribution in [0.2, 0.25) is 0 Å². The predicted molar refractivity (Wildman–Crippen MR) is 91.5 cm³/mol. The van der Waals surface area contributed by atoms with Crippen LogP contribution in [0.3, 0.4) is 0 Å². The monoisotopic (exact) mass is 288 g/mol. The quantitative estimate of drug-likeness (QED) is 0.848. The molecular formula is C19H32N2. The van der Waals surface area contributed by atoms with Gasteiger partial charge in [-0.15, -0.1) is 0 Å². The highest BCUT2D eigenvalue weighted by molar-refractivity contribution is 5.19. The number of hydrogen-bond donors (Lipinski definition) is 1. The van der Waals surface area contributed by atoms with Crippen LogP contribution in [-0.4, -0.2) is 31.6 Å². The summed E-state index contributed by atoms with van der Waals surface area (Å²) in [5.74, 6) is 1.71. The number of rotatable bonds is 6. The van der Waals surface area contributed by atoms with E-state index < -0.39 is 0 Å². The molecule has 2 rings (SSSR count). The van der Waals surface area contributed by atoms with Crippen LogP contribution >= 0.6 is 0 Å². The minimum absolute atomic E-state index is 0.442. The van der Waals surface area contributed by atoms with Gasteiger partial charge >= 0.3 is 0 Å². The minimum atomic E-state index is 0.442. The van der Waals surface area contributed by atoms with Gasteiger partial charge in [0, 0.05) is 18.6 Å². The summed E-state index contributed by atoms with van der Waals surface area (Å²) in [5.41, 5.74) is 1.41. The zero-order valence-electron chi connectivity index (χ0n) is 14.2. The normalized spacial score (nSPS) is 24.5. The van der Waals surface area contributed by atoms with Crippen LogP contribution < -0.4 is 5.32 Å². The van der Waals surface area contributed by atoms with Gasteiger partial charge in [0.25, 0.3) is 0 Å². The van der Waals surface area contributed by atoms with Gasteiger partial charge in [0.1, 0.15) is 0 Å². The lowest BCUT2D eigenvalue weighted by Crippen LogP contribution is -2.41. The van der Waals surface area contributed by atoms with E-state index in [1.807, 2.05) is 0 Å². The molecule has 0 saturated heterocycles. The number of hydrogen-bond acceptors (Lipinski definition) is 2. The van der Waals surface area contributed by atoms with Crippen molar-refractivity contribution in [1.82, 2.24) is 10.2 Å². The number of nitrogens with one attached hydrogen (secondary N) is 1. The molecule has 0 spiro atoms. The molecule has 1 fully saturated rings. The van der Waals surface area contributed by atoms with E-state index in [2.05, 4.69) is 68.5 Å². The molecule has 0 radical (unpaired) electrons. The molecule has 118 valence electrons.